The number of primary amides is 1. The van der Waals surface area contributed by atoms with Gasteiger partial charge in [0.1, 0.15) is 22.8 Å². The number of phenols is 1. The quantitative estimate of drug-likeness (QED) is 0.348. The Kier molecular flexibility index (Phi) is 5.90. The van der Waals surface area contributed by atoms with E-state index < -0.39 is 58.0 Å². The number of phenolic OH excluding ortho intramolecular Hbond substituents is 1. The molecule has 11 heteroatoms. The summed E-state index contributed by atoms with van der Waals surface area (Å²) in [5.41, 5.74) is 4.37. The Labute approximate surface area is 220 Å². The first-order valence-corrected chi connectivity index (χ1v) is 12.6. The highest BCUT2D eigenvalue weighted by atomic mass is 16.3. The molecule has 1 amide bonds. The van der Waals surface area contributed by atoms with Crippen molar-refractivity contribution in [2.45, 2.75) is 36.9 Å². The maximum Gasteiger partial charge on any atom is 0.255 e. The molecule has 1 saturated carbocycles. The number of aliphatic hydroxyl groups is 3. The van der Waals surface area contributed by atoms with Crippen LogP contribution in [0.3, 0.4) is 0 Å². The number of rotatable bonds is 3. The number of fused-ring (bicyclic) bond motifs is 5. The van der Waals surface area contributed by atoms with Crippen molar-refractivity contribution in [3.63, 3.8) is 0 Å². The smallest absolute Gasteiger partial charge is 0.255 e. The number of benzene rings is 1. The zero-order valence-electron chi connectivity index (χ0n) is 22.1. The summed E-state index contributed by atoms with van der Waals surface area (Å²) in [4.78, 5) is 44.9. The number of aromatic hydroxyl groups is 1. The Morgan fingerprint density at radius 2 is 1.79 bits per heavy atom. The molecule has 0 bridgehead atoms. The number of hydrogen-bond acceptors (Lipinski definition) is 10. The van der Waals surface area contributed by atoms with Crippen molar-refractivity contribution >= 4 is 28.9 Å². The third-order valence-corrected chi connectivity index (χ3v) is 8.82. The molecule has 0 aromatic heterocycles. The van der Waals surface area contributed by atoms with E-state index in [-0.39, 0.29) is 35.8 Å². The maximum absolute atomic E-state index is 14.0. The van der Waals surface area contributed by atoms with Gasteiger partial charge in [-0.1, -0.05) is 0 Å². The van der Waals surface area contributed by atoms with Gasteiger partial charge in [-0.3, -0.25) is 19.3 Å². The van der Waals surface area contributed by atoms with Crippen LogP contribution in [0.25, 0.3) is 5.76 Å². The third kappa shape index (κ3) is 3.28. The number of likely N-dealkylation sites (N-methyl/N-ethyl adjacent to an activating group) is 1. The molecular formula is C27H34N4O7. The number of Topliss-reactive ketones (excluding diaryl/α,β-unsaturated/α-hetero) is 2. The number of nitrogens with zero attached hydrogens (tertiary/aromatic N) is 3. The second-order valence-corrected chi connectivity index (χ2v) is 11.3. The van der Waals surface area contributed by atoms with Crippen LogP contribution >= 0.6 is 0 Å². The van der Waals surface area contributed by atoms with Crippen LogP contribution in [0, 0.1) is 11.8 Å². The molecule has 1 heterocycles. The molecule has 4 aliphatic rings. The number of ketones is 2. The normalized spacial score (nSPS) is 30.9. The monoisotopic (exact) mass is 526 g/mol. The van der Waals surface area contributed by atoms with E-state index in [4.69, 9.17) is 5.73 Å². The summed E-state index contributed by atoms with van der Waals surface area (Å²) < 4.78 is 0. The van der Waals surface area contributed by atoms with E-state index in [1.807, 2.05) is 21.1 Å². The second-order valence-electron chi connectivity index (χ2n) is 11.3. The van der Waals surface area contributed by atoms with Gasteiger partial charge in [0.2, 0.25) is 5.78 Å². The first-order valence-electron chi connectivity index (χ1n) is 12.6. The fourth-order valence-corrected chi connectivity index (χ4v) is 7.15. The molecule has 0 saturated heterocycles. The summed E-state index contributed by atoms with van der Waals surface area (Å²) in [6.45, 7) is 0.752. The predicted octanol–water partition coefficient (Wildman–Crippen LogP) is 0.407. The first kappa shape index (κ1) is 26.2. The summed E-state index contributed by atoms with van der Waals surface area (Å²) >= 11 is 0. The third-order valence-electron chi connectivity index (χ3n) is 8.82. The van der Waals surface area contributed by atoms with E-state index in [0.29, 0.717) is 5.56 Å². The number of nitrogens with two attached hydrogens (primary N) is 1. The molecule has 11 nitrogen and oxygen atoms in total. The Hall–Kier alpha value is -3.41. The van der Waals surface area contributed by atoms with Crippen LogP contribution in [-0.2, 0) is 20.8 Å². The number of hydrogen-bond donors (Lipinski definition) is 5. The molecule has 1 aromatic carbocycles. The molecule has 6 N–H and O–H groups in total. The maximum atomic E-state index is 14.0. The number of amides is 1. The van der Waals surface area contributed by atoms with Crippen LogP contribution in [0.5, 0.6) is 5.75 Å². The molecule has 1 aromatic rings. The Balaban J connectivity index is 1.75. The van der Waals surface area contributed by atoms with E-state index >= 15 is 0 Å². The van der Waals surface area contributed by atoms with Crippen molar-refractivity contribution < 1.29 is 34.8 Å². The highest BCUT2D eigenvalue weighted by molar-refractivity contribution is 6.24. The first-order chi connectivity index (χ1) is 17.7. The van der Waals surface area contributed by atoms with E-state index in [1.165, 1.54) is 4.90 Å². The van der Waals surface area contributed by atoms with Gasteiger partial charge in [-0.25, -0.2) is 0 Å². The molecular weight excluding hydrogens is 492 g/mol. The summed E-state index contributed by atoms with van der Waals surface area (Å²) in [5, 5.41) is 45.2. The lowest BCUT2D eigenvalue weighted by Gasteiger charge is -2.50. The molecule has 1 unspecified atom stereocenters. The van der Waals surface area contributed by atoms with Crippen LogP contribution in [0.4, 0.5) is 5.69 Å². The van der Waals surface area contributed by atoms with Gasteiger partial charge in [0.15, 0.2) is 11.4 Å². The van der Waals surface area contributed by atoms with Crippen molar-refractivity contribution in [1.29, 1.82) is 0 Å². The Bertz CT molecular complexity index is 1350. The second kappa shape index (κ2) is 8.55. The van der Waals surface area contributed by atoms with Crippen LogP contribution in [0.2, 0.25) is 0 Å². The number of aliphatic hydroxyl groups excluding tert-OH is 2. The molecule has 0 spiro atoms. The van der Waals surface area contributed by atoms with Gasteiger partial charge < -0.3 is 36.0 Å². The zero-order chi connectivity index (χ0) is 28.0. The Morgan fingerprint density at radius 3 is 2.37 bits per heavy atom. The van der Waals surface area contributed by atoms with E-state index in [2.05, 4.69) is 9.80 Å². The molecule has 38 heavy (non-hydrogen) atoms. The molecule has 204 valence electrons. The highest BCUT2D eigenvalue weighted by Crippen LogP contribution is 2.55. The van der Waals surface area contributed by atoms with E-state index in [9.17, 15) is 34.8 Å². The summed E-state index contributed by atoms with van der Waals surface area (Å²) in [6, 6.07) is 0.554. The summed E-state index contributed by atoms with van der Waals surface area (Å²) in [6.07, 6.45) is 1.19. The lowest BCUT2D eigenvalue weighted by molar-refractivity contribution is -0.153. The average Bonchev–Trinajstić information content (AvgIpc) is 2.80. The SMILES string of the molecule is CN1CCC(N(C)C)c2cc(O)c3c(c21)C[C@H]1C[C@H]2[C@@H](N(C)C)C(=O)C(C(N)=O)=C(O)[C@@]2(O)C(=O)C1=C3O. The minimum Gasteiger partial charge on any atom is -0.508 e. The largest absolute Gasteiger partial charge is 0.508 e. The van der Waals surface area contributed by atoms with Gasteiger partial charge in [-0.05, 0) is 70.6 Å². The van der Waals surface area contributed by atoms with Gasteiger partial charge in [-0.2, -0.15) is 0 Å². The molecule has 0 radical (unpaired) electrons. The lowest BCUT2D eigenvalue weighted by atomic mass is 9.57. The zero-order valence-corrected chi connectivity index (χ0v) is 22.1. The van der Waals surface area contributed by atoms with Crippen molar-refractivity contribution in [2.24, 2.45) is 17.6 Å². The van der Waals surface area contributed by atoms with E-state index in [0.717, 1.165) is 24.2 Å². The van der Waals surface area contributed by atoms with Gasteiger partial charge in [-0.15, -0.1) is 0 Å². The fraction of sp³-hybridized carbons (Fsp3) is 0.519. The highest BCUT2D eigenvalue weighted by Gasteiger charge is 2.64. The number of carbonyl (C=O) groups is 3. The van der Waals surface area contributed by atoms with Crippen molar-refractivity contribution in [1.82, 2.24) is 9.80 Å². The van der Waals surface area contributed by atoms with Crippen molar-refractivity contribution in [3.8, 4) is 5.75 Å². The van der Waals surface area contributed by atoms with Gasteiger partial charge in [0.05, 0.1) is 11.6 Å². The van der Waals surface area contributed by atoms with Gasteiger partial charge in [0.25, 0.3) is 5.91 Å². The fourth-order valence-electron chi connectivity index (χ4n) is 7.15. The molecule has 5 atom stereocenters. The van der Waals surface area contributed by atoms with Crippen LogP contribution in [0.15, 0.2) is 23.0 Å². The van der Waals surface area contributed by atoms with Crippen LogP contribution in [0.1, 0.15) is 35.6 Å². The lowest BCUT2D eigenvalue weighted by Crippen LogP contribution is -2.65. The summed E-state index contributed by atoms with van der Waals surface area (Å²) in [7, 11) is 9.04. The summed E-state index contributed by atoms with van der Waals surface area (Å²) in [5.74, 6) is -6.46. The molecule has 1 fully saturated rings. The predicted molar refractivity (Wildman–Crippen MR) is 139 cm³/mol. The van der Waals surface area contributed by atoms with Crippen molar-refractivity contribution in [2.75, 3.05) is 46.7 Å². The molecule has 3 aliphatic carbocycles. The average molecular weight is 527 g/mol. The number of anilines is 1. The van der Waals surface area contributed by atoms with Crippen LogP contribution in [-0.4, -0.2) is 101 Å². The van der Waals surface area contributed by atoms with Gasteiger partial charge in [0, 0.05) is 36.8 Å². The van der Waals surface area contributed by atoms with E-state index in [1.54, 1.807) is 20.2 Å². The topological polar surface area (TPSA) is 168 Å². The Morgan fingerprint density at radius 1 is 1.13 bits per heavy atom. The van der Waals surface area contributed by atoms with Crippen molar-refractivity contribution in [3.05, 3.63) is 39.7 Å². The standard InChI is InChI=1S/C27H34N4O7/c1-29(2)15-6-7-31(5)20-12(15)10-16(32)18-13(20)8-11-9-14-21(30(3)4)23(34)19(26(28)37)25(36)27(14,38)24(35)17(11)22(18)33/h10-11,14-15,21,32-33,36,38H,6-9H2,1-5H3,(H2,28,37)/t11-,14-,15?,21+,27-/m0/s1. The van der Waals surface area contributed by atoms with Crippen LogP contribution < -0.4 is 10.6 Å². The molecule has 1 aliphatic heterocycles. The minimum atomic E-state index is -2.64. The van der Waals surface area contributed by atoms with Gasteiger partial charge >= 0.3 is 0 Å². The molecule has 5 rings (SSSR count). The minimum absolute atomic E-state index is 0.0476. The number of carbonyl (C=O) groups excluding carboxylic acids is 3.